The minimum absolute atomic E-state index is 0.168. The van der Waals surface area contributed by atoms with Crippen molar-refractivity contribution in [1.29, 1.82) is 5.26 Å². The van der Waals surface area contributed by atoms with Gasteiger partial charge >= 0.3 is 0 Å². The Balaban J connectivity index is 1.67. The Bertz CT molecular complexity index is 656. The monoisotopic (exact) mass is 291 g/mol. The molecule has 0 radical (unpaired) electrons. The van der Waals surface area contributed by atoms with Gasteiger partial charge in [-0.3, -0.25) is 0 Å². The van der Waals surface area contributed by atoms with E-state index in [9.17, 15) is 5.26 Å². The van der Waals surface area contributed by atoms with Gasteiger partial charge in [-0.2, -0.15) is 5.26 Å². The number of benzene rings is 2. The molecule has 0 bridgehead atoms. The Labute approximate surface area is 132 Å². The van der Waals surface area contributed by atoms with Crippen LogP contribution >= 0.6 is 0 Å². The molecule has 0 aromatic heterocycles. The van der Waals surface area contributed by atoms with Crippen molar-refractivity contribution >= 4 is 0 Å². The number of hydrogen-bond donors (Lipinski definition) is 0. The van der Waals surface area contributed by atoms with E-state index in [1.807, 2.05) is 18.2 Å². The Morgan fingerprint density at radius 1 is 1.14 bits per heavy atom. The number of ether oxygens (including phenoxy) is 1. The molecule has 1 saturated carbocycles. The first kappa shape index (κ1) is 14.8. The molecule has 2 aromatic carbocycles. The van der Waals surface area contributed by atoms with Crippen LogP contribution in [0.4, 0.5) is 0 Å². The summed E-state index contributed by atoms with van der Waals surface area (Å²) in [4.78, 5) is 0. The minimum atomic E-state index is -0.380. The van der Waals surface area contributed by atoms with E-state index < -0.39 is 0 Å². The molecule has 2 nitrogen and oxygen atoms in total. The third-order valence-corrected chi connectivity index (χ3v) is 4.62. The molecule has 1 aliphatic rings. The Kier molecular flexibility index (Phi) is 4.27. The Morgan fingerprint density at radius 3 is 2.55 bits per heavy atom. The molecular formula is C20H21NO. The molecule has 0 unspecified atom stereocenters. The Hall–Kier alpha value is -2.11. The summed E-state index contributed by atoms with van der Waals surface area (Å²) in [5.74, 6) is 0. The zero-order valence-corrected chi connectivity index (χ0v) is 13.0. The first-order chi connectivity index (χ1) is 10.7. The molecule has 0 spiro atoms. The molecule has 22 heavy (non-hydrogen) atoms. The maximum atomic E-state index is 9.74. The standard InChI is InChI=1S/C20H21NO/c1-16-7-9-18(10-8-16)20(15-21)12-11-19(13-20)22-14-17-5-3-2-4-6-17/h2-10,19H,11-14H2,1H3/t19-,20+/m0/s1. The molecule has 2 aromatic rings. The van der Waals surface area contributed by atoms with E-state index in [1.165, 1.54) is 11.1 Å². The summed E-state index contributed by atoms with van der Waals surface area (Å²) in [5.41, 5.74) is 3.17. The highest BCUT2D eigenvalue weighted by atomic mass is 16.5. The van der Waals surface area contributed by atoms with E-state index in [1.54, 1.807) is 0 Å². The first-order valence-electron chi connectivity index (χ1n) is 7.86. The molecule has 0 N–H and O–H groups in total. The predicted molar refractivity (Wildman–Crippen MR) is 87.3 cm³/mol. The quantitative estimate of drug-likeness (QED) is 0.829. The molecular weight excluding hydrogens is 270 g/mol. The van der Waals surface area contributed by atoms with Gasteiger partial charge in [0.2, 0.25) is 0 Å². The first-order valence-corrected chi connectivity index (χ1v) is 7.86. The van der Waals surface area contributed by atoms with E-state index in [0.29, 0.717) is 6.61 Å². The van der Waals surface area contributed by atoms with E-state index in [0.717, 1.165) is 24.8 Å². The number of nitrogens with zero attached hydrogens (tertiary/aromatic N) is 1. The van der Waals surface area contributed by atoms with Crippen molar-refractivity contribution in [3.63, 3.8) is 0 Å². The summed E-state index contributed by atoms with van der Waals surface area (Å²) in [7, 11) is 0. The van der Waals surface area contributed by atoms with Gasteiger partial charge in [-0.25, -0.2) is 0 Å². The summed E-state index contributed by atoms with van der Waals surface area (Å²) in [6.45, 7) is 2.70. The van der Waals surface area contributed by atoms with Gasteiger partial charge in [-0.05, 0) is 37.3 Å². The average Bonchev–Trinajstić information content (AvgIpc) is 2.99. The molecule has 2 atom stereocenters. The molecule has 0 heterocycles. The van der Waals surface area contributed by atoms with Crippen molar-refractivity contribution in [2.45, 2.75) is 44.3 Å². The molecule has 0 aliphatic heterocycles. The highest BCUT2D eigenvalue weighted by Crippen LogP contribution is 2.42. The van der Waals surface area contributed by atoms with Crippen molar-refractivity contribution in [2.24, 2.45) is 0 Å². The zero-order chi connectivity index (χ0) is 15.4. The lowest BCUT2D eigenvalue weighted by Gasteiger charge is -2.22. The van der Waals surface area contributed by atoms with Gasteiger partial charge in [0.05, 0.1) is 24.2 Å². The van der Waals surface area contributed by atoms with Crippen LogP contribution in [-0.2, 0) is 16.8 Å². The fourth-order valence-electron chi connectivity index (χ4n) is 3.23. The minimum Gasteiger partial charge on any atom is -0.373 e. The molecule has 1 fully saturated rings. The maximum absolute atomic E-state index is 9.74. The smallest absolute Gasteiger partial charge is 0.0848 e. The SMILES string of the molecule is Cc1ccc([C@]2(C#N)CC[C@H](OCc3ccccc3)C2)cc1. The van der Waals surface area contributed by atoms with Crippen LogP contribution in [0.5, 0.6) is 0 Å². The molecule has 112 valence electrons. The molecule has 3 rings (SSSR count). The predicted octanol–water partition coefficient (Wildman–Crippen LogP) is 4.53. The van der Waals surface area contributed by atoms with E-state index in [2.05, 4.69) is 49.4 Å². The number of hydrogen-bond acceptors (Lipinski definition) is 2. The third-order valence-electron chi connectivity index (χ3n) is 4.62. The van der Waals surface area contributed by atoms with Crippen molar-refractivity contribution in [3.8, 4) is 6.07 Å². The number of rotatable bonds is 4. The van der Waals surface area contributed by atoms with Gasteiger partial charge in [0.15, 0.2) is 0 Å². The highest BCUT2D eigenvalue weighted by Gasteiger charge is 2.41. The largest absolute Gasteiger partial charge is 0.373 e. The molecule has 0 saturated heterocycles. The van der Waals surface area contributed by atoms with Crippen LogP contribution < -0.4 is 0 Å². The lowest BCUT2D eigenvalue weighted by atomic mass is 9.80. The second-order valence-corrected chi connectivity index (χ2v) is 6.22. The summed E-state index contributed by atoms with van der Waals surface area (Å²) >= 11 is 0. The Morgan fingerprint density at radius 2 is 1.86 bits per heavy atom. The van der Waals surface area contributed by atoms with Crippen molar-refractivity contribution in [2.75, 3.05) is 0 Å². The summed E-state index contributed by atoms with van der Waals surface area (Å²) in [6.07, 6.45) is 2.79. The summed E-state index contributed by atoms with van der Waals surface area (Å²) < 4.78 is 6.04. The average molecular weight is 291 g/mol. The number of aryl methyl sites for hydroxylation is 1. The van der Waals surface area contributed by atoms with Crippen LogP contribution in [0.1, 0.15) is 36.0 Å². The van der Waals surface area contributed by atoms with Gasteiger partial charge in [-0.15, -0.1) is 0 Å². The van der Waals surface area contributed by atoms with Gasteiger partial charge in [-0.1, -0.05) is 60.2 Å². The fourth-order valence-corrected chi connectivity index (χ4v) is 3.23. The van der Waals surface area contributed by atoms with Crippen LogP contribution in [0.15, 0.2) is 54.6 Å². The van der Waals surface area contributed by atoms with Gasteiger partial charge in [0.25, 0.3) is 0 Å². The van der Waals surface area contributed by atoms with Gasteiger partial charge in [0, 0.05) is 0 Å². The summed E-state index contributed by atoms with van der Waals surface area (Å²) in [6, 6.07) is 21.1. The normalized spacial score (nSPS) is 24.1. The summed E-state index contributed by atoms with van der Waals surface area (Å²) in [5, 5.41) is 9.74. The fraction of sp³-hybridized carbons (Fsp3) is 0.350. The van der Waals surface area contributed by atoms with E-state index in [4.69, 9.17) is 4.74 Å². The van der Waals surface area contributed by atoms with E-state index >= 15 is 0 Å². The number of nitriles is 1. The topological polar surface area (TPSA) is 33.0 Å². The van der Waals surface area contributed by atoms with Crippen LogP contribution in [0.3, 0.4) is 0 Å². The molecule has 0 amide bonds. The van der Waals surface area contributed by atoms with Crippen molar-refractivity contribution in [3.05, 3.63) is 71.3 Å². The maximum Gasteiger partial charge on any atom is 0.0848 e. The van der Waals surface area contributed by atoms with Crippen LogP contribution in [0.25, 0.3) is 0 Å². The van der Waals surface area contributed by atoms with Crippen LogP contribution in [0.2, 0.25) is 0 Å². The van der Waals surface area contributed by atoms with Crippen LogP contribution in [0, 0.1) is 18.3 Å². The lowest BCUT2D eigenvalue weighted by Crippen LogP contribution is -2.22. The lowest BCUT2D eigenvalue weighted by molar-refractivity contribution is 0.0430. The second kappa shape index (κ2) is 6.34. The molecule has 1 aliphatic carbocycles. The zero-order valence-electron chi connectivity index (χ0n) is 13.0. The van der Waals surface area contributed by atoms with E-state index in [-0.39, 0.29) is 11.5 Å². The van der Waals surface area contributed by atoms with Crippen molar-refractivity contribution < 1.29 is 4.74 Å². The van der Waals surface area contributed by atoms with Gasteiger partial charge in [0.1, 0.15) is 0 Å². The second-order valence-electron chi connectivity index (χ2n) is 6.22. The van der Waals surface area contributed by atoms with Crippen LogP contribution in [-0.4, -0.2) is 6.10 Å². The van der Waals surface area contributed by atoms with Gasteiger partial charge < -0.3 is 4.74 Å². The molecule has 2 heteroatoms. The third kappa shape index (κ3) is 3.05. The highest BCUT2D eigenvalue weighted by molar-refractivity contribution is 5.36. The van der Waals surface area contributed by atoms with Crippen molar-refractivity contribution in [1.82, 2.24) is 0 Å².